The predicted molar refractivity (Wildman–Crippen MR) is 42.3 cm³/mol. The first-order chi connectivity index (χ1) is 4.51. The van der Waals surface area contributed by atoms with Gasteiger partial charge in [-0.25, -0.2) is 0 Å². The third-order valence-corrected chi connectivity index (χ3v) is 3.28. The highest BCUT2D eigenvalue weighted by Gasteiger charge is 2.35. The Morgan fingerprint density at radius 3 is 2.50 bits per heavy atom. The SMILES string of the molecule is CC1(C)C[C@@H](C(=O)O)CS1. The third kappa shape index (κ3) is 1.66. The largest absolute Gasteiger partial charge is 0.481 e. The normalized spacial score (nSPS) is 30.4. The number of rotatable bonds is 1. The van der Waals surface area contributed by atoms with Crippen molar-refractivity contribution in [3.8, 4) is 0 Å². The summed E-state index contributed by atoms with van der Waals surface area (Å²) >= 11 is 1.76. The minimum atomic E-state index is -0.641. The van der Waals surface area contributed by atoms with Crippen molar-refractivity contribution in [3.63, 3.8) is 0 Å². The number of thioether (sulfide) groups is 1. The summed E-state index contributed by atoms with van der Waals surface area (Å²) in [5, 5.41) is 8.63. The fourth-order valence-electron chi connectivity index (χ4n) is 1.20. The van der Waals surface area contributed by atoms with Crippen LogP contribution in [-0.2, 0) is 4.79 Å². The Morgan fingerprint density at radius 2 is 2.30 bits per heavy atom. The monoisotopic (exact) mass is 160 g/mol. The maximum absolute atomic E-state index is 10.5. The molecule has 10 heavy (non-hydrogen) atoms. The summed E-state index contributed by atoms with van der Waals surface area (Å²) in [7, 11) is 0. The van der Waals surface area contributed by atoms with E-state index < -0.39 is 5.97 Å². The molecule has 0 bridgehead atoms. The minimum absolute atomic E-state index is 0.111. The van der Waals surface area contributed by atoms with Crippen molar-refractivity contribution >= 4 is 17.7 Å². The second-order valence-corrected chi connectivity index (χ2v) is 5.04. The fraction of sp³-hybridized carbons (Fsp3) is 0.857. The molecule has 1 atom stereocenters. The molecule has 0 spiro atoms. The van der Waals surface area contributed by atoms with E-state index in [4.69, 9.17) is 5.11 Å². The van der Waals surface area contributed by atoms with E-state index in [0.29, 0.717) is 0 Å². The Bertz CT molecular complexity index is 154. The minimum Gasteiger partial charge on any atom is -0.481 e. The van der Waals surface area contributed by atoms with Crippen molar-refractivity contribution in [3.05, 3.63) is 0 Å². The number of carboxylic acids is 1. The maximum atomic E-state index is 10.5. The molecule has 0 amide bonds. The Kier molecular flexibility index (Phi) is 1.95. The topological polar surface area (TPSA) is 37.3 Å². The summed E-state index contributed by atoms with van der Waals surface area (Å²) in [6.45, 7) is 4.20. The lowest BCUT2D eigenvalue weighted by Crippen LogP contribution is -2.16. The van der Waals surface area contributed by atoms with Crippen LogP contribution in [0.5, 0.6) is 0 Å². The van der Waals surface area contributed by atoms with Crippen LogP contribution in [0.2, 0.25) is 0 Å². The van der Waals surface area contributed by atoms with E-state index in [1.165, 1.54) is 0 Å². The summed E-state index contributed by atoms with van der Waals surface area (Å²) in [5.41, 5.74) is 0. The van der Waals surface area contributed by atoms with Gasteiger partial charge in [0, 0.05) is 10.5 Å². The summed E-state index contributed by atoms with van der Waals surface area (Å²) in [6, 6.07) is 0. The molecule has 1 heterocycles. The van der Waals surface area contributed by atoms with E-state index in [-0.39, 0.29) is 10.7 Å². The average molecular weight is 160 g/mol. The van der Waals surface area contributed by atoms with Crippen LogP contribution in [0, 0.1) is 5.92 Å². The molecule has 2 nitrogen and oxygen atoms in total. The number of hydrogen-bond acceptors (Lipinski definition) is 2. The number of aliphatic carboxylic acids is 1. The quantitative estimate of drug-likeness (QED) is 0.633. The molecule has 58 valence electrons. The fourth-order valence-corrected chi connectivity index (χ4v) is 2.43. The van der Waals surface area contributed by atoms with Crippen LogP contribution < -0.4 is 0 Å². The van der Waals surface area contributed by atoms with Gasteiger partial charge in [-0.05, 0) is 6.42 Å². The molecule has 1 N–H and O–H groups in total. The van der Waals surface area contributed by atoms with E-state index in [1.807, 2.05) is 0 Å². The van der Waals surface area contributed by atoms with Gasteiger partial charge in [-0.1, -0.05) is 13.8 Å². The Balaban J connectivity index is 2.51. The second-order valence-electron chi connectivity index (χ2n) is 3.31. The predicted octanol–water partition coefficient (Wildman–Crippen LogP) is 1.60. The maximum Gasteiger partial charge on any atom is 0.307 e. The number of carboxylic acid groups (broad SMARTS) is 1. The van der Waals surface area contributed by atoms with Gasteiger partial charge in [0.15, 0.2) is 0 Å². The standard InChI is InChI=1S/C7H12O2S/c1-7(2)3-5(4-10-7)6(8)9/h5H,3-4H2,1-2H3,(H,8,9)/t5-/m1/s1. The first-order valence-electron chi connectivity index (χ1n) is 3.38. The van der Waals surface area contributed by atoms with Gasteiger partial charge < -0.3 is 5.11 Å². The van der Waals surface area contributed by atoms with Gasteiger partial charge in [0.05, 0.1) is 5.92 Å². The van der Waals surface area contributed by atoms with Crippen LogP contribution in [0.3, 0.4) is 0 Å². The first kappa shape index (κ1) is 7.92. The van der Waals surface area contributed by atoms with Gasteiger partial charge in [-0.2, -0.15) is 11.8 Å². The van der Waals surface area contributed by atoms with Crippen LogP contribution in [-0.4, -0.2) is 21.6 Å². The molecule has 0 radical (unpaired) electrons. The number of hydrogen-bond donors (Lipinski definition) is 1. The third-order valence-electron chi connectivity index (χ3n) is 1.76. The molecule has 1 saturated heterocycles. The highest BCUT2D eigenvalue weighted by molar-refractivity contribution is 8.00. The van der Waals surface area contributed by atoms with Crippen molar-refractivity contribution in [1.82, 2.24) is 0 Å². The molecule has 0 saturated carbocycles. The van der Waals surface area contributed by atoms with E-state index >= 15 is 0 Å². The zero-order valence-corrected chi connectivity index (χ0v) is 7.07. The van der Waals surface area contributed by atoms with E-state index in [2.05, 4.69) is 13.8 Å². The van der Waals surface area contributed by atoms with Gasteiger partial charge in [-0.15, -0.1) is 0 Å². The molecule has 0 aliphatic carbocycles. The molecular weight excluding hydrogens is 148 g/mol. The van der Waals surface area contributed by atoms with Gasteiger partial charge >= 0.3 is 5.97 Å². The lowest BCUT2D eigenvalue weighted by atomic mass is 9.99. The van der Waals surface area contributed by atoms with E-state index in [1.54, 1.807) is 11.8 Å². The average Bonchev–Trinajstić information content (AvgIpc) is 2.10. The molecule has 1 fully saturated rings. The highest BCUT2D eigenvalue weighted by atomic mass is 32.2. The molecule has 1 aliphatic heterocycles. The van der Waals surface area contributed by atoms with Crippen molar-refractivity contribution < 1.29 is 9.90 Å². The molecule has 1 aliphatic rings. The molecule has 1 rings (SSSR count). The summed E-state index contributed by atoms with van der Waals surface area (Å²) in [5.74, 6) is 0.0283. The first-order valence-corrected chi connectivity index (χ1v) is 4.36. The van der Waals surface area contributed by atoms with Gasteiger partial charge in [0.25, 0.3) is 0 Å². The van der Waals surface area contributed by atoms with Gasteiger partial charge in [0.2, 0.25) is 0 Å². The lowest BCUT2D eigenvalue weighted by molar-refractivity contribution is -0.141. The van der Waals surface area contributed by atoms with Crippen LogP contribution in [0.4, 0.5) is 0 Å². The zero-order chi connectivity index (χ0) is 7.78. The molecule has 3 heteroatoms. The van der Waals surface area contributed by atoms with Crippen molar-refractivity contribution in [1.29, 1.82) is 0 Å². The smallest absolute Gasteiger partial charge is 0.307 e. The van der Waals surface area contributed by atoms with Gasteiger partial charge in [-0.3, -0.25) is 4.79 Å². The van der Waals surface area contributed by atoms with Crippen molar-refractivity contribution in [2.75, 3.05) is 5.75 Å². The summed E-state index contributed by atoms with van der Waals surface area (Å²) < 4.78 is 0.184. The van der Waals surface area contributed by atoms with E-state index in [0.717, 1.165) is 12.2 Å². The van der Waals surface area contributed by atoms with Crippen LogP contribution in [0.1, 0.15) is 20.3 Å². The van der Waals surface area contributed by atoms with Crippen molar-refractivity contribution in [2.24, 2.45) is 5.92 Å². The van der Waals surface area contributed by atoms with Gasteiger partial charge in [0.1, 0.15) is 0 Å². The van der Waals surface area contributed by atoms with Crippen LogP contribution >= 0.6 is 11.8 Å². The zero-order valence-electron chi connectivity index (χ0n) is 6.26. The Morgan fingerprint density at radius 1 is 1.70 bits per heavy atom. The second kappa shape index (κ2) is 2.46. The lowest BCUT2D eigenvalue weighted by Gasteiger charge is -2.14. The summed E-state index contributed by atoms with van der Waals surface area (Å²) in [6.07, 6.45) is 0.812. The Labute approximate surface area is 65.0 Å². The highest BCUT2D eigenvalue weighted by Crippen LogP contribution is 2.40. The van der Waals surface area contributed by atoms with Crippen molar-refractivity contribution in [2.45, 2.75) is 25.0 Å². The molecule has 0 aromatic rings. The Hall–Kier alpha value is -0.180. The van der Waals surface area contributed by atoms with Crippen LogP contribution in [0.25, 0.3) is 0 Å². The molecule has 0 aromatic heterocycles. The molecular formula is C7H12O2S. The van der Waals surface area contributed by atoms with Crippen LogP contribution in [0.15, 0.2) is 0 Å². The molecule has 0 aromatic carbocycles. The number of carbonyl (C=O) groups is 1. The van der Waals surface area contributed by atoms with E-state index in [9.17, 15) is 4.79 Å². The summed E-state index contributed by atoms with van der Waals surface area (Å²) in [4.78, 5) is 10.5. The molecule has 0 unspecified atom stereocenters.